The third kappa shape index (κ3) is 3.40. The first kappa shape index (κ1) is 16.9. The maximum absolute atomic E-state index is 12.6. The van der Waals surface area contributed by atoms with Gasteiger partial charge in [-0.2, -0.15) is 0 Å². The van der Waals surface area contributed by atoms with Gasteiger partial charge in [0.25, 0.3) is 0 Å². The molecule has 0 unspecified atom stereocenters. The molecule has 4 rings (SSSR count). The molecule has 3 fully saturated rings. The Hall–Kier alpha value is -1.59. The molecule has 2 amide bonds. The summed E-state index contributed by atoms with van der Waals surface area (Å²) in [5.74, 6) is 1.35. The van der Waals surface area contributed by atoms with E-state index >= 15 is 0 Å². The highest BCUT2D eigenvalue weighted by Crippen LogP contribution is 2.40. The number of rotatable bonds is 4. The molecule has 1 aromatic carbocycles. The average Bonchev–Trinajstić information content (AvgIpc) is 3.21. The third-order valence-corrected chi connectivity index (χ3v) is 6.30. The van der Waals surface area contributed by atoms with Crippen molar-refractivity contribution in [2.24, 2.45) is 11.8 Å². The van der Waals surface area contributed by atoms with Gasteiger partial charge in [0.1, 0.15) is 0 Å². The monoisotopic (exact) mass is 343 g/mol. The Bertz CT molecular complexity index is 594. The number of hydrogen-bond acceptors (Lipinski definition) is 3. The Labute approximate surface area is 150 Å². The van der Waals surface area contributed by atoms with Gasteiger partial charge in [0, 0.05) is 39.3 Å². The molecule has 0 spiro atoms. The topological polar surface area (TPSA) is 44.8 Å². The number of benzene rings is 1. The summed E-state index contributed by atoms with van der Waals surface area (Å²) in [7, 11) is 1.70. The molecule has 0 aliphatic carbocycles. The van der Waals surface area contributed by atoms with Crippen LogP contribution in [0.2, 0.25) is 0 Å². The lowest BCUT2D eigenvalue weighted by Gasteiger charge is -2.33. The minimum absolute atomic E-state index is 0.0646. The minimum Gasteiger partial charge on any atom is -0.375 e. The number of urea groups is 1. The van der Waals surface area contributed by atoms with Crippen LogP contribution in [0.4, 0.5) is 4.79 Å². The number of carbonyl (C=O) groups is 1. The van der Waals surface area contributed by atoms with Gasteiger partial charge in [-0.15, -0.1) is 0 Å². The van der Waals surface area contributed by atoms with Crippen LogP contribution in [0.15, 0.2) is 30.3 Å². The smallest absolute Gasteiger partial charge is 0.317 e. The van der Waals surface area contributed by atoms with Crippen molar-refractivity contribution in [3.05, 3.63) is 35.9 Å². The number of carbonyl (C=O) groups excluding carboxylic acids is 1. The number of likely N-dealkylation sites (tertiary alicyclic amines) is 1. The van der Waals surface area contributed by atoms with E-state index in [9.17, 15) is 4.79 Å². The Morgan fingerprint density at radius 2 is 2.08 bits per heavy atom. The summed E-state index contributed by atoms with van der Waals surface area (Å²) in [5, 5.41) is 3.08. The van der Waals surface area contributed by atoms with Crippen molar-refractivity contribution in [1.29, 1.82) is 0 Å². The van der Waals surface area contributed by atoms with Crippen molar-refractivity contribution in [1.82, 2.24) is 15.1 Å². The molecule has 0 aromatic heterocycles. The maximum atomic E-state index is 12.6. The zero-order valence-corrected chi connectivity index (χ0v) is 15.1. The standard InChI is InChI=1S/C20H29N3O2/c1-25-19(15-7-3-2-4-8-15)11-21-20(24)23-13-16-12-22-10-6-5-9-18(22)17(16)14-23/h2-4,7-8,16-19H,5-6,9-14H2,1H3,(H,21,24)/t16-,17+,18-,19+/m0/s1. The molecule has 25 heavy (non-hydrogen) atoms. The van der Waals surface area contributed by atoms with Gasteiger partial charge in [0.05, 0.1) is 6.10 Å². The van der Waals surface area contributed by atoms with Crippen molar-refractivity contribution in [3.8, 4) is 0 Å². The fourth-order valence-electron chi connectivity index (χ4n) is 5.02. The summed E-state index contributed by atoms with van der Waals surface area (Å²) in [4.78, 5) is 17.3. The van der Waals surface area contributed by atoms with Crippen molar-refractivity contribution in [3.63, 3.8) is 0 Å². The number of piperidine rings is 1. The van der Waals surface area contributed by atoms with E-state index in [0.717, 1.165) is 18.7 Å². The minimum atomic E-state index is -0.0962. The van der Waals surface area contributed by atoms with Gasteiger partial charge in [-0.05, 0) is 36.8 Å². The molecular weight excluding hydrogens is 314 g/mol. The summed E-state index contributed by atoms with van der Waals surface area (Å²) in [6, 6.07) is 10.9. The molecule has 0 radical (unpaired) electrons. The lowest BCUT2D eigenvalue weighted by atomic mass is 9.90. The second-order valence-corrected chi connectivity index (χ2v) is 7.71. The molecular formula is C20H29N3O2. The second kappa shape index (κ2) is 7.34. The summed E-state index contributed by atoms with van der Waals surface area (Å²) in [6.07, 6.45) is 3.92. The first-order valence-corrected chi connectivity index (χ1v) is 9.61. The molecule has 136 valence electrons. The molecule has 3 aliphatic heterocycles. The van der Waals surface area contributed by atoms with Crippen molar-refractivity contribution < 1.29 is 9.53 Å². The van der Waals surface area contributed by atoms with Gasteiger partial charge in [0.2, 0.25) is 0 Å². The second-order valence-electron chi connectivity index (χ2n) is 7.71. The molecule has 5 nitrogen and oxygen atoms in total. The highest BCUT2D eigenvalue weighted by Gasteiger charge is 2.48. The van der Waals surface area contributed by atoms with Crippen LogP contribution in [0.25, 0.3) is 0 Å². The van der Waals surface area contributed by atoms with Crippen LogP contribution >= 0.6 is 0 Å². The number of ether oxygens (including phenoxy) is 1. The maximum Gasteiger partial charge on any atom is 0.317 e. The molecule has 0 saturated carbocycles. The Morgan fingerprint density at radius 3 is 2.88 bits per heavy atom. The van der Waals surface area contributed by atoms with E-state index in [2.05, 4.69) is 10.2 Å². The van der Waals surface area contributed by atoms with Crippen molar-refractivity contribution in [2.75, 3.05) is 39.8 Å². The zero-order valence-electron chi connectivity index (χ0n) is 15.1. The lowest BCUT2D eigenvalue weighted by molar-refractivity contribution is 0.101. The number of fused-ring (bicyclic) bond motifs is 3. The van der Waals surface area contributed by atoms with E-state index in [1.165, 1.54) is 32.4 Å². The van der Waals surface area contributed by atoms with Gasteiger partial charge in [-0.1, -0.05) is 36.8 Å². The van der Waals surface area contributed by atoms with Crippen LogP contribution in [-0.2, 0) is 4.74 Å². The molecule has 3 saturated heterocycles. The summed E-state index contributed by atoms with van der Waals surface area (Å²) >= 11 is 0. The van der Waals surface area contributed by atoms with Gasteiger partial charge in [0.15, 0.2) is 0 Å². The van der Waals surface area contributed by atoms with Crippen LogP contribution in [0.3, 0.4) is 0 Å². The fourth-order valence-corrected chi connectivity index (χ4v) is 5.02. The Balaban J connectivity index is 1.31. The average molecular weight is 343 g/mol. The van der Waals surface area contributed by atoms with E-state index in [-0.39, 0.29) is 12.1 Å². The highest BCUT2D eigenvalue weighted by molar-refractivity contribution is 5.74. The summed E-state index contributed by atoms with van der Waals surface area (Å²) in [5.41, 5.74) is 1.10. The number of methoxy groups -OCH3 is 1. The predicted octanol–water partition coefficient (Wildman–Crippen LogP) is 2.50. The molecule has 5 heteroatoms. The molecule has 1 aromatic rings. The quantitative estimate of drug-likeness (QED) is 0.914. The highest BCUT2D eigenvalue weighted by atomic mass is 16.5. The van der Waals surface area contributed by atoms with Crippen LogP contribution < -0.4 is 5.32 Å². The van der Waals surface area contributed by atoms with Gasteiger partial charge in [-0.25, -0.2) is 4.79 Å². The van der Waals surface area contributed by atoms with Gasteiger partial charge in [-0.3, -0.25) is 4.90 Å². The number of nitrogens with one attached hydrogen (secondary N) is 1. The van der Waals surface area contributed by atoms with Crippen LogP contribution in [0.1, 0.15) is 30.9 Å². The van der Waals surface area contributed by atoms with Crippen LogP contribution in [-0.4, -0.2) is 61.7 Å². The normalized spacial score (nSPS) is 30.0. The summed E-state index contributed by atoms with van der Waals surface area (Å²) < 4.78 is 5.55. The first-order chi connectivity index (χ1) is 12.3. The molecule has 3 aliphatic rings. The first-order valence-electron chi connectivity index (χ1n) is 9.61. The Morgan fingerprint density at radius 1 is 1.24 bits per heavy atom. The van der Waals surface area contributed by atoms with Crippen molar-refractivity contribution >= 4 is 6.03 Å². The molecule has 1 N–H and O–H groups in total. The third-order valence-electron chi connectivity index (χ3n) is 6.30. The largest absolute Gasteiger partial charge is 0.375 e. The van der Waals surface area contributed by atoms with E-state index in [1.807, 2.05) is 35.2 Å². The number of amides is 2. The predicted molar refractivity (Wildman–Crippen MR) is 97.4 cm³/mol. The Kier molecular flexibility index (Phi) is 4.95. The molecule has 0 bridgehead atoms. The van der Waals surface area contributed by atoms with E-state index < -0.39 is 0 Å². The van der Waals surface area contributed by atoms with E-state index in [1.54, 1.807) is 7.11 Å². The molecule has 4 atom stereocenters. The van der Waals surface area contributed by atoms with Gasteiger partial charge < -0.3 is 15.0 Å². The lowest BCUT2D eigenvalue weighted by Crippen LogP contribution is -2.44. The number of nitrogens with zero attached hydrogens (tertiary/aromatic N) is 2. The van der Waals surface area contributed by atoms with E-state index in [0.29, 0.717) is 24.4 Å². The number of hydrogen-bond donors (Lipinski definition) is 1. The van der Waals surface area contributed by atoms with Crippen LogP contribution in [0, 0.1) is 11.8 Å². The SMILES string of the molecule is CO[C@H](CNC(=O)N1C[C@@H]2CN3CCCC[C@H]3[C@@H]2C1)c1ccccc1. The van der Waals surface area contributed by atoms with Crippen molar-refractivity contribution in [2.45, 2.75) is 31.4 Å². The fraction of sp³-hybridized carbons (Fsp3) is 0.650. The summed E-state index contributed by atoms with van der Waals surface area (Å²) in [6.45, 7) is 4.79. The van der Waals surface area contributed by atoms with Gasteiger partial charge >= 0.3 is 6.03 Å². The zero-order chi connectivity index (χ0) is 17.2. The molecule has 3 heterocycles. The van der Waals surface area contributed by atoms with Crippen LogP contribution in [0.5, 0.6) is 0 Å². The van der Waals surface area contributed by atoms with E-state index in [4.69, 9.17) is 4.74 Å².